The van der Waals surface area contributed by atoms with Gasteiger partial charge in [-0.15, -0.1) is 11.3 Å². The van der Waals surface area contributed by atoms with Crippen molar-refractivity contribution >= 4 is 34.3 Å². The van der Waals surface area contributed by atoms with Crippen LogP contribution in [0.3, 0.4) is 0 Å². The number of ether oxygens (including phenoxy) is 2. The molecule has 0 saturated carbocycles. The third-order valence-electron chi connectivity index (χ3n) is 5.07. The van der Waals surface area contributed by atoms with E-state index in [4.69, 9.17) is 9.47 Å². The number of carbonyl (C=O) groups is 2. The standard InChI is InChI=1S/C27H26N2O4S/c1-3-4-8-15-33-22-13-11-19(12-14-22)16-21(17-28)25(30)29-26-24(27(31)32-2)23(18-34-26)20-9-6-5-7-10-20/h5-7,9-14,16,18H,3-4,8,15H2,1-2H3,(H,29,30)/b21-16+. The zero-order valence-electron chi connectivity index (χ0n) is 19.2. The summed E-state index contributed by atoms with van der Waals surface area (Å²) in [5, 5.41) is 14.4. The molecule has 1 N–H and O–H groups in total. The molecular weight excluding hydrogens is 448 g/mol. The molecule has 6 nitrogen and oxygen atoms in total. The molecule has 7 heteroatoms. The van der Waals surface area contributed by atoms with Crippen molar-refractivity contribution < 1.29 is 19.1 Å². The fraction of sp³-hybridized carbons (Fsp3) is 0.222. The van der Waals surface area contributed by atoms with Gasteiger partial charge in [-0.05, 0) is 35.8 Å². The number of nitrogens with zero attached hydrogens (tertiary/aromatic N) is 1. The molecule has 0 fully saturated rings. The lowest BCUT2D eigenvalue weighted by Gasteiger charge is -2.08. The number of carbonyl (C=O) groups excluding carboxylic acids is 2. The van der Waals surface area contributed by atoms with Crippen LogP contribution in [0.15, 0.2) is 65.6 Å². The molecule has 1 heterocycles. The minimum atomic E-state index is -0.603. The zero-order chi connectivity index (χ0) is 24.3. The number of anilines is 1. The molecule has 3 aromatic rings. The van der Waals surface area contributed by atoms with Crippen LogP contribution >= 0.6 is 11.3 Å². The van der Waals surface area contributed by atoms with Gasteiger partial charge in [-0.1, -0.05) is 62.2 Å². The number of hydrogen-bond acceptors (Lipinski definition) is 6. The van der Waals surface area contributed by atoms with E-state index in [0.717, 1.165) is 30.6 Å². The molecule has 1 aromatic heterocycles. The molecule has 3 rings (SSSR count). The Morgan fingerprint density at radius 1 is 1.09 bits per heavy atom. The van der Waals surface area contributed by atoms with E-state index in [1.165, 1.54) is 24.5 Å². The molecule has 0 aliphatic carbocycles. The van der Waals surface area contributed by atoms with Crippen LogP contribution in [0.4, 0.5) is 5.00 Å². The summed E-state index contributed by atoms with van der Waals surface area (Å²) in [4.78, 5) is 25.3. The molecular formula is C27H26N2O4S. The highest BCUT2D eigenvalue weighted by Crippen LogP contribution is 2.36. The Labute approximate surface area is 203 Å². The molecule has 174 valence electrons. The lowest BCUT2D eigenvalue weighted by molar-refractivity contribution is -0.112. The monoisotopic (exact) mass is 474 g/mol. The first-order chi connectivity index (χ1) is 16.6. The quantitative estimate of drug-likeness (QED) is 0.161. The Balaban J connectivity index is 1.77. The molecule has 0 unspecified atom stereocenters. The van der Waals surface area contributed by atoms with E-state index in [9.17, 15) is 14.9 Å². The number of rotatable bonds is 10. The number of hydrogen-bond donors (Lipinski definition) is 1. The smallest absolute Gasteiger partial charge is 0.341 e. The van der Waals surface area contributed by atoms with Gasteiger partial charge in [0.25, 0.3) is 5.91 Å². The van der Waals surface area contributed by atoms with Gasteiger partial charge in [0, 0.05) is 10.9 Å². The lowest BCUT2D eigenvalue weighted by Crippen LogP contribution is -2.15. The Kier molecular flexibility index (Phi) is 9.01. The topological polar surface area (TPSA) is 88.4 Å². The zero-order valence-corrected chi connectivity index (χ0v) is 20.0. The Morgan fingerprint density at radius 3 is 2.47 bits per heavy atom. The number of unbranched alkanes of at least 4 members (excludes halogenated alkanes) is 2. The van der Waals surface area contributed by atoms with E-state index >= 15 is 0 Å². The second-order valence-corrected chi connectivity index (χ2v) is 8.34. The van der Waals surface area contributed by atoms with Gasteiger partial charge >= 0.3 is 5.97 Å². The average molecular weight is 475 g/mol. The number of nitriles is 1. The highest BCUT2D eigenvalue weighted by atomic mass is 32.1. The first kappa shape index (κ1) is 24.7. The summed E-state index contributed by atoms with van der Waals surface area (Å²) in [6, 6.07) is 18.5. The van der Waals surface area contributed by atoms with Crippen LogP contribution in [-0.4, -0.2) is 25.6 Å². The van der Waals surface area contributed by atoms with Crippen molar-refractivity contribution in [3.8, 4) is 22.9 Å². The van der Waals surface area contributed by atoms with Gasteiger partial charge in [0.05, 0.1) is 13.7 Å². The molecule has 0 atom stereocenters. The van der Waals surface area contributed by atoms with Crippen LogP contribution in [0.1, 0.15) is 42.1 Å². The maximum atomic E-state index is 12.9. The van der Waals surface area contributed by atoms with Crippen molar-refractivity contribution in [2.45, 2.75) is 26.2 Å². The number of methoxy groups -OCH3 is 1. The fourth-order valence-electron chi connectivity index (χ4n) is 3.27. The first-order valence-corrected chi connectivity index (χ1v) is 11.9. The van der Waals surface area contributed by atoms with Crippen molar-refractivity contribution in [3.05, 3.63) is 76.7 Å². The highest BCUT2D eigenvalue weighted by Gasteiger charge is 2.23. The minimum Gasteiger partial charge on any atom is -0.494 e. The van der Waals surface area contributed by atoms with Crippen LogP contribution in [-0.2, 0) is 9.53 Å². The van der Waals surface area contributed by atoms with Gasteiger partial charge in [0.2, 0.25) is 0 Å². The summed E-state index contributed by atoms with van der Waals surface area (Å²) in [6.07, 6.45) is 4.75. The summed E-state index contributed by atoms with van der Waals surface area (Å²) in [5.41, 5.74) is 2.35. The van der Waals surface area contributed by atoms with Crippen LogP contribution in [0.2, 0.25) is 0 Å². The normalized spacial score (nSPS) is 10.9. The molecule has 0 saturated heterocycles. The van der Waals surface area contributed by atoms with Crippen molar-refractivity contribution in [3.63, 3.8) is 0 Å². The third-order valence-corrected chi connectivity index (χ3v) is 5.96. The van der Waals surface area contributed by atoms with E-state index in [1.807, 2.05) is 48.5 Å². The van der Waals surface area contributed by atoms with E-state index < -0.39 is 11.9 Å². The van der Waals surface area contributed by atoms with Crippen molar-refractivity contribution in [2.24, 2.45) is 0 Å². The van der Waals surface area contributed by atoms with Gasteiger partial charge in [-0.25, -0.2) is 4.79 Å². The van der Waals surface area contributed by atoms with Crippen LogP contribution in [0.5, 0.6) is 5.75 Å². The summed E-state index contributed by atoms with van der Waals surface area (Å²) in [7, 11) is 1.29. The molecule has 2 aromatic carbocycles. The van der Waals surface area contributed by atoms with Crippen molar-refractivity contribution in [1.82, 2.24) is 0 Å². The van der Waals surface area contributed by atoms with E-state index in [1.54, 1.807) is 17.5 Å². The van der Waals surface area contributed by atoms with Gasteiger partial charge in [0.1, 0.15) is 28.0 Å². The molecule has 0 bridgehead atoms. The number of amides is 1. The van der Waals surface area contributed by atoms with E-state index in [0.29, 0.717) is 22.7 Å². The molecule has 0 spiro atoms. The van der Waals surface area contributed by atoms with Gasteiger partial charge in [0.15, 0.2) is 0 Å². The van der Waals surface area contributed by atoms with Gasteiger partial charge in [-0.2, -0.15) is 5.26 Å². The second kappa shape index (κ2) is 12.4. The second-order valence-electron chi connectivity index (χ2n) is 7.46. The number of benzene rings is 2. The Hall–Kier alpha value is -3.89. The predicted molar refractivity (Wildman–Crippen MR) is 135 cm³/mol. The van der Waals surface area contributed by atoms with Crippen LogP contribution < -0.4 is 10.1 Å². The predicted octanol–water partition coefficient (Wildman–Crippen LogP) is 6.32. The third kappa shape index (κ3) is 6.33. The maximum Gasteiger partial charge on any atom is 0.341 e. The molecule has 0 aliphatic rings. The SMILES string of the molecule is CCCCCOc1ccc(/C=C(\C#N)C(=O)Nc2scc(-c3ccccc3)c2C(=O)OC)cc1. The fourth-order valence-corrected chi connectivity index (χ4v) is 4.23. The Bertz CT molecular complexity index is 1190. The van der Waals surface area contributed by atoms with Gasteiger partial charge < -0.3 is 14.8 Å². The summed E-state index contributed by atoms with van der Waals surface area (Å²) in [5.74, 6) is -0.424. The molecule has 0 aliphatic heterocycles. The van der Waals surface area contributed by atoms with Crippen molar-refractivity contribution in [1.29, 1.82) is 5.26 Å². The molecule has 0 radical (unpaired) electrons. The highest BCUT2D eigenvalue weighted by molar-refractivity contribution is 7.15. The first-order valence-electron chi connectivity index (χ1n) is 11.0. The maximum absolute atomic E-state index is 12.9. The number of esters is 1. The van der Waals surface area contributed by atoms with E-state index in [-0.39, 0.29) is 11.1 Å². The largest absolute Gasteiger partial charge is 0.494 e. The van der Waals surface area contributed by atoms with Gasteiger partial charge in [-0.3, -0.25) is 4.79 Å². The van der Waals surface area contributed by atoms with E-state index in [2.05, 4.69) is 12.2 Å². The molecule has 1 amide bonds. The van der Waals surface area contributed by atoms with Crippen LogP contribution in [0, 0.1) is 11.3 Å². The summed E-state index contributed by atoms with van der Waals surface area (Å²) >= 11 is 1.20. The Morgan fingerprint density at radius 2 is 1.82 bits per heavy atom. The number of nitrogens with one attached hydrogen (secondary N) is 1. The lowest BCUT2D eigenvalue weighted by atomic mass is 10.0. The molecule has 34 heavy (non-hydrogen) atoms. The minimum absolute atomic E-state index is 0.0814. The number of thiophene rings is 1. The van der Waals surface area contributed by atoms with Crippen molar-refractivity contribution in [2.75, 3.05) is 19.0 Å². The summed E-state index contributed by atoms with van der Waals surface area (Å²) < 4.78 is 10.6. The summed E-state index contributed by atoms with van der Waals surface area (Å²) in [6.45, 7) is 2.80. The van der Waals surface area contributed by atoms with Crippen LogP contribution in [0.25, 0.3) is 17.2 Å². The average Bonchev–Trinajstić information content (AvgIpc) is 3.29.